The maximum Gasteiger partial charge on any atom is 0.227 e. The maximum absolute atomic E-state index is 5.57. The van der Waals surface area contributed by atoms with Crippen LogP contribution in [-0.4, -0.2) is 20.3 Å². The van der Waals surface area contributed by atoms with E-state index in [0.29, 0.717) is 42.8 Å². The molecule has 0 aliphatic heterocycles. The van der Waals surface area contributed by atoms with Crippen molar-refractivity contribution in [3.05, 3.63) is 47.4 Å². The summed E-state index contributed by atoms with van der Waals surface area (Å²) >= 11 is 0. The Bertz CT molecular complexity index is 723. The Labute approximate surface area is 133 Å². The second kappa shape index (κ2) is 7.15. The van der Waals surface area contributed by atoms with E-state index in [1.165, 1.54) is 0 Å². The molecule has 7 nitrogen and oxygen atoms in total. The number of benzene rings is 1. The van der Waals surface area contributed by atoms with Crippen LogP contribution in [0.1, 0.15) is 23.2 Å². The van der Waals surface area contributed by atoms with Gasteiger partial charge in [-0.15, -0.1) is 12.4 Å². The number of aryl methyl sites for hydroxylation is 3. The molecule has 2 aromatic heterocycles. The van der Waals surface area contributed by atoms with Crippen LogP contribution in [0.4, 0.5) is 0 Å². The largest absolute Gasteiger partial charge is 0.339 e. The Morgan fingerprint density at radius 3 is 2.18 bits per heavy atom. The summed E-state index contributed by atoms with van der Waals surface area (Å²) in [4.78, 5) is 8.49. The highest BCUT2D eigenvalue weighted by Gasteiger charge is 2.10. The van der Waals surface area contributed by atoms with Gasteiger partial charge in [0.05, 0.1) is 0 Å². The lowest BCUT2D eigenvalue weighted by molar-refractivity contribution is 0.352. The van der Waals surface area contributed by atoms with E-state index in [1.54, 1.807) is 6.92 Å². The quantitative estimate of drug-likeness (QED) is 0.767. The van der Waals surface area contributed by atoms with E-state index in [0.717, 1.165) is 11.1 Å². The number of nitrogens with two attached hydrogens (primary N) is 1. The molecular weight excluding hydrogens is 306 g/mol. The van der Waals surface area contributed by atoms with E-state index in [2.05, 4.69) is 20.3 Å². The highest BCUT2D eigenvalue weighted by Crippen LogP contribution is 2.17. The molecule has 0 atom stereocenters. The molecule has 0 radical (unpaired) electrons. The zero-order valence-electron chi connectivity index (χ0n) is 12.0. The molecule has 0 unspecified atom stereocenters. The molecule has 0 fully saturated rings. The molecule has 0 saturated carbocycles. The van der Waals surface area contributed by atoms with Gasteiger partial charge in [-0.3, -0.25) is 0 Å². The predicted molar refractivity (Wildman–Crippen MR) is 81.3 cm³/mol. The van der Waals surface area contributed by atoms with Crippen LogP contribution in [0.3, 0.4) is 0 Å². The summed E-state index contributed by atoms with van der Waals surface area (Å²) in [6.45, 7) is 2.30. The van der Waals surface area contributed by atoms with Crippen molar-refractivity contribution < 1.29 is 9.05 Å². The highest BCUT2D eigenvalue weighted by atomic mass is 35.5. The second-order valence-corrected chi connectivity index (χ2v) is 4.65. The SMILES string of the molecule is Cc1noc(CCc2nc(-c3ccc(CN)cc3)no2)n1.Cl. The average Bonchev–Trinajstić information content (AvgIpc) is 3.14. The highest BCUT2D eigenvalue weighted by molar-refractivity contribution is 5.85. The van der Waals surface area contributed by atoms with Gasteiger partial charge in [0, 0.05) is 24.9 Å². The molecule has 1 aromatic carbocycles. The Kier molecular flexibility index (Phi) is 5.24. The fourth-order valence-electron chi connectivity index (χ4n) is 1.92. The van der Waals surface area contributed by atoms with Crippen molar-refractivity contribution in [1.29, 1.82) is 0 Å². The molecule has 0 aliphatic rings. The van der Waals surface area contributed by atoms with Gasteiger partial charge in [-0.2, -0.15) is 9.97 Å². The molecule has 2 N–H and O–H groups in total. The van der Waals surface area contributed by atoms with Gasteiger partial charge in [-0.05, 0) is 12.5 Å². The molecule has 0 saturated heterocycles. The summed E-state index contributed by atoms with van der Waals surface area (Å²) in [6, 6.07) is 7.76. The minimum absolute atomic E-state index is 0. The van der Waals surface area contributed by atoms with Crippen LogP contribution in [0.15, 0.2) is 33.3 Å². The lowest BCUT2D eigenvalue weighted by Crippen LogP contribution is -1.95. The molecule has 3 aromatic rings. The van der Waals surface area contributed by atoms with Gasteiger partial charge in [0.2, 0.25) is 17.6 Å². The van der Waals surface area contributed by atoms with E-state index < -0.39 is 0 Å². The number of hydrogen-bond donors (Lipinski definition) is 1. The molecule has 2 heterocycles. The van der Waals surface area contributed by atoms with Crippen LogP contribution in [-0.2, 0) is 19.4 Å². The minimum atomic E-state index is 0. The first-order chi connectivity index (χ1) is 10.2. The number of halogens is 1. The van der Waals surface area contributed by atoms with Gasteiger partial charge in [0.1, 0.15) is 0 Å². The van der Waals surface area contributed by atoms with Crippen molar-refractivity contribution in [2.75, 3.05) is 0 Å². The van der Waals surface area contributed by atoms with E-state index in [9.17, 15) is 0 Å². The van der Waals surface area contributed by atoms with E-state index in [1.807, 2.05) is 24.3 Å². The molecule has 0 spiro atoms. The molecular formula is C14H16ClN5O2. The Hall–Kier alpha value is -2.25. The van der Waals surface area contributed by atoms with E-state index in [4.69, 9.17) is 14.8 Å². The number of rotatable bonds is 5. The molecule has 0 aliphatic carbocycles. The maximum atomic E-state index is 5.57. The topological polar surface area (TPSA) is 104 Å². The molecule has 22 heavy (non-hydrogen) atoms. The van der Waals surface area contributed by atoms with Crippen molar-refractivity contribution >= 4 is 12.4 Å². The van der Waals surface area contributed by atoms with E-state index >= 15 is 0 Å². The first kappa shape index (κ1) is 16.1. The number of hydrogen-bond acceptors (Lipinski definition) is 7. The van der Waals surface area contributed by atoms with Crippen molar-refractivity contribution in [3.63, 3.8) is 0 Å². The third-order valence-corrected chi connectivity index (χ3v) is 3.04. The number of aromatic nitrogens is 4. The van der Waals surface area contributed by atoms with Crippen LogP contribution in [0.2, 0.25) is 0 Å². The monoisotopic (exact) mass is 321 g/mol. The van der Waals surface area contributed by atoms with Gasteiger partial charge < -0.3 is 14.8 Å². The van der Waals surface area contributed by atoms with Crippen LogP contribution in [0.25, 0.3) is 11.4 Å². The lowest BCUT2D eigenvalue weighted by Gasteiger charge is -1.97. The third-order valence-electron chi connectivity index (χ3n) is 3.04. The summed E-state index contributed by atoms with van der Waals surface area (Å²) in [5, 5.41) is 7.71. The van der Waals surface area contributed by atoms with Gasteiger partial charge in [-0.1, -0.05) is 34.6 Å². The van der Waals surface area contributed by atoms with E-state index in [-0.39, 0.29) is 12.4 Å². The van der Waals surface area contributed by atoms with Gasteiger partial charge in [0.25, 0.3) is 0 Å². The zero-order chi connectivity index (χ0) is 14.7. The minimum Gasteiger partial charge on any atom is -0.339 e. The second-order valence-electron chi connectivity index (χ2n) is 4.65. The summed E-state index contributed by atoms with van der Waals surface area (Å²) in [6.07, 6.45) is 1.14. The normalized spacial score (nSPS) is 10.5. The van der Waals surface area contributed by atoms with Crippen LogP contribution >= 0.6 is 12.4 Å². The first-order valence-electron chi connectivity index (χ1n) is 6.66. The summed E-state index contributed by atoms with van der Waals surface area (Å²) in [7, 11) is 0. The van der Waals surface area contributed by atoms with Crippen LogP contribution < -0.4 is 5.73 Å². The van der Waals surface area contributed by atoms with Crippen molar-refractivity contribution in [3.8, 4) is 11.4 Å². The molecule has 3 rings (SSSR count). The van der Waals surface area contributed by atoms with Crippen molar-refractivity contribution in [1.82, 2.24) is 20.3 Å². The predicted octanol–water partition coefficient (Wildman–Crippen LogP) is 2.09. The van der Waals surface area contributed by atoms with Gasteiger partial charge in [0.15, 0.2) is 5.82 Å². The fourth-order valence-corrected chi connectivity index (χ4v) is 1.92. The average molecular weight is 322 g/mol. The lowest BCUT2D eigenvalue weighted by atomic mass is 10.1. The van der Waals surface area contributed by atoms with Gasteiger partial charge in [-0.25, -0.2) is 0 Å². The summed E-state index contributed by atoms with van der Waals surface area (Å²) in [5.41, 5.74) is 7.53. The third kappa shape index (κ3) is 3.69. The summed E-state index contributed by atoms with van der Waals surface area (Å²) < 4.78 is 10.3. The molecule has 0 amide bonds. The standard InChI is InChI=1S/C14H15N5O2.ClH/c1-9-16-12(20-18-9)6-7-13-17-14(19-21-13)11-4-2-10(8-15)3-5-11;/h2-5H,6-8,15H2,1H3;1H. The first-order valence-corrected chi connectivity index (χ1v) is 6.66. The van der Waals surface area contributed by atoms with Gasteiger partial charge >= 0.3 is 0 Å². The smallest absolute Gasteiger partial charge is 0.227 e. The Morgan fingerprint density at radius 1 is 0.955 bits per heavy atom. The van der Waals surface area contributed by atoms with Crippen molar-refractivity contribution in [2.24, 2.45) is 5.73 Å². The zero-order valence-corrected chi connectivity index (χ0v) is 12.8. The molecule has 116 valence electrons. The Morgan fingerprint density at radius 2 is 1.59 bits per heavy atom. The summed E-state index contributed by atoms with van der Waals surface area (Å²) in [5.74, 6) is 2.30. The van der Waals surface area contributed by atoms with Crippen molar-refractivity contribution in [2.45, 2.75) is 26.3 Å². The Balaban J connectivity index is 0.00000176. The fraction of sp³-hybridized carbons (Fsp3) is 0.286. The molecule has 8 heteroatoms. The van der Waals surface area contributed by atoms with Crippen LogP contribution in [0, 0.1) is 6.92 Å². The number of nitrogens with zero attached hydrogens (tertiary/aromatic N) is 4. The van der Waals surface area contributed by atoms with Crippen LogP contribution in [0.5, 0.6) is 0 Å². The molecule has 0 bridgehead atoms.